The fraction of sp³-hybridized carbons (Fsp3) is 0.167. The number of carbonyl (C=O) groups is 4. The van der Waals surface area contributed by atoms with Crippen molar-refractivity contribution in [2.24, 2.45) is 0 Å². The van der Waals surface area contributed by atoms with Gasteiger partial charge >= 0.3 is 5.97 Å². The number of carbonyl (C=O) groups excluding carboxylic acids is 4. The third-order valence-corrected chi connectivity index (χ3v) is 6.00. The van der Waals surface area contributed by atoms with Crippen LogP contribution >= 0.6 is 11.3 Å². The molecule has 0 saturated heterocycles. The largest absolute Gasteiger partial charge is 0.497 e. The van der Waals surface area contributed by atoms with Crippen molar-refractivity contribution in [2.75, 3.05) is 25.6 Å². The van der Waals surface area contributed by atoms with E-state index in [0.717, 1.165) is 21.8 Å². The number of nitrogens with one attached hydrogen (secondary N) is 1. The van der Waals surface area contributed by atoms with Crippen LogP contribution in [0.5, 0.6) is 5.75 Å². The van der Waals surface area contributed by atoms with E-state index in [4.69, 9.17) is 9.47 Å². The van der Waals surface area contributed by atoms with Crippen LogP contribution in [0.3, 0.4) is 0 Å². The second-order valence-electron chi connectivity index (χ2n) is 7.09. The number of nitrogens with zero attached hydrogens (tertiary/aromatic N) is 1. The topological polar surface area (TPSA) is 102 Å². The Kier molecular flexibility index (Phi) is 6.23. The summed E-state index contributed by atoms with van der Waals surface area (Å²) < 4.78 is 10.4. The summed E-state index contributed by atoms with van der Waals surface area (Å²) in [4.78, 5) is 51.4. The van der Waals surface area contributed by atoms with Crippen LogP contribution in [0.1, 0.15) is 38.0 Å². The van der Waals surface area contributed by atoms with Gasteiger partial charge in [-0.05, 0) is 36.8 Å². The van der Waals surface area contributed by atoms with Gasteiger partial charge in [0, 0.05) is 10.9 Å². The highest BCUT2D eigenvalue weighted by Gasteiger charge is 2.36. The predicted molar refractivity (Wildman–Crippen MR) is 123 cm³/mol. The van der Waals surface area contributed by atoms with Crippen LogP contribution in [0.4, 0.5) is 5.00 Å². The minimum Gasteiger partial charge on any atom is -0.497 e. The summed E-state index contributed by atoms with van der Waals surface area (Å²) in [5, 5.41) is 4.69. The van der Waals surface area contributed by atoms with Gasteiger partial charge in [-0.25, -0.2) is 4.79 Å². The Labute approximate surface area is 193 Å². The van der Waals surface area contributed by atoms with E-state index in [1.165, 1.54) is 0 Å². The zero-order valence-corrected chi connectivity index (χ0v) is 18.7. The average Bonchev–Trinajstić information content (AvgIpc) is 3.34. The lowest BCUT2D eigenvalue weighted by molar-refractivity contribution is -0.116. The van der Waals surface area contributed by atoms with Gasteiger partial charge in [0.05, 0.1) is 24.8 Å². The Balaban J connectivity index is 1.58. The summed E-state index contributed by atoms with van der Waals surface area (Å²) in [5.41, 5.74) is 2.08. The molecule has 1 N–H and O–H groups in total. The number of imide groups is 1. The van der Waals surface area contributed by atoms with Gasteiger partial charge in [-0.15, -0.1) is 11.3 Å². The number of amides is 3. The summed E-state index contributed by atoms with van der Waals surface area (Å²) >= 11 is 1.16. The number of rotatable bonds is 7. The molecule has 3 amide bonds. The first-order valence-electron chi connectivity index (χ1n) is 10.1. The third-order valence-electron chi connectivity index (χ3n) is 5.10. The first-order valence-corrected chi connectivity index (χ1v) is 11.0. The van der Waals surface area contributed by atoms with E-state index in [2.05, 4.69) is 5.32 Å². The van der Waals surface area contributed by atoms with E-state index in [1.807, 2.05) is 0 Å². The summed E-state index contributed by atoms with van der Waals surface area (Å²) in [7, 11) is 1.56. The van der Waals surface area contributed by atoms with Gasteiger partial charge in [-0.3, -0.25) is 19.3 Å². The molecular formula is C24H20N2O6S. The van der Waals surface area contributed by atoms with Crippen molar-refractivity contribution in [2.45, 2.75) is 6.92 Å². The Bertz CT molecular complexity index is 1210. The predicted octanol–water partition coefficient (Wildman–Crippen LogP) is 3.84. The second-order valence-corrected chi connectivity index (χ2v) is 7.97. The van der Waals surface area contributed by atoms with E-state index in [1.54, 1.807) is 67.9 Å². The van der Waals surface area contributed by atoms with Gasteiger partial charge < -0.3 is 14.8 Å². The molecule has 0 spiro atoms. The molecule has 0 bridgehead atoms. The Morgan fingerprint density at radius 1 is 0.970 bits per heavy atom. The number of ether oxygens (including phenoxy) is 2. The van der Waals surface area contributed by atoms with Crippen LogP contribution in [-0.2, 0) is 9.53 Å². The SMILES string of the molecule is CCOC(=O)c1c(-c2ccc(OC)cc2)csc1NC(=O)CN1C(=O)c2ccccc2C1=O. The summed E-state index contributed by atoms with van der Waals surface area (Å²) in [6.45, 7) is 1.39. The van der Waals surface area contributed by atoms with Crippen molar-refractivity contribution >= 4 is 40.0 Å². The van der Waals surface area contributed by atoms with Crippen LogP contribution in [0.2, 0.25) is 0 Å². The molecule has 0 radical (unpaired) electrons. The first kappa shape index (κ1) is 22.2. The average molecular weight is 464 g/mol. The molecule has 8 nitrogen and oxygen atoms in total. The highest BCUT2D eigenvalue weighted by molar-refractivity contribution is 7.15. The zero-order valence-electron chi connectivity index (χ0n) is 17.9. The zero-order chi connectivity index (χ0) is 23.5. The molecule has 2 aromatic carbocycles. The summed E-state index contributed by atoms with van der Waals surface area (Å²) in [6.07, 6.45) is 0. The lowest BCUT2D eigenvalue weighted by Crippen LogP contribution is -2.37. The molecule has 0 saturated carbocycles. The lowest BCUT2D eigenvalue weighted by atomic mass is 10.0. The highest BCUT2D eigenvalue weighted by Crippen LogP contribution is 2.37. The van der Waals surface area contributed by atoms with Crippen molar-refractivity contribution < 1.29 is 28.7 Å². The molecule has 2 heterocycles. The molecule has 0 atom stereocenters. The smallest absolute Gasteiger partial charge is 0.341 e. The quantitative estimate of drug-likeness (QED) is 0.421. The summed E-state index contributed by atoms with van der Waals surface area (Å²) in [5.74, 6) is -1.57. The number of esters is 1. The van der Waals surface area contributed by atoms with Crippen LogP contribution in [0, 0.1) is 0 Å². The number of methoxy groups -OCH3 is 1. The number of hydrogen-bond acceptors (Lipinski definition) is 7. The molecule has 0 fully saturated rings. The van der Waals surface area contributed by atoms with Gasteiger partial charge in [-0.1, -0.05) is 24.3 Å². The van der Waals surface area contributed by atoms with Crippen LogP contribution < -0.4 is 10.1 Å². The van der Waals surface area contributed by atoms with Crippen LogP contribution in [-0.4, -0.2) is 48.9 Å². The van der Waals surface area contributed by atoms with E-state index in [-0.39, 0.29) is 28.3 Å². The van der Waals surface area contributed by atoms with Gasteiger partial charge in [0.15, 0.2) is 0 Å². The van der Waals surface area contributed by atoms with E-state index in [0.29, 0.717) is 11.3 Å². The molecular weight excluding hydrogens is 444 g/mol. The van der Waals surface area contributed by atoms with Crippen molar-refractivity contribution in [3.63, 3.8) is 0 Å². The molecule has 0 unspecified atom stereocenters. The minimum atomic E-state index is -0.599. The summed E-state index contributed by atoms with van der Waals surface area (Å²) in [6, 6.07) is 13.5. The van der Waals surface area contributed by atoms with Crippen molar-refractivity contribution in [1.82, 2.24) is 4.90 Å². The normalized spacial score (nSPS) is 12.5. The van der Waals surface area contributed by atoms with Crippen molar-refractivity contribution in [1.29, 1.82) is 0 Å². The first-order chi connectivity index (χ1) is 15.9. The number of hydrogen-bond donors (Lipinski definition) is 1. The van der Waals surface area contributed by atoms with Gasteiger partial charge in [0.2, 0.25) is 5.91 Å². The van der Waals surface area contributed by atoms with Crippen LogP contribution in [0.15, 0.2) is 53.9 Å². The minimum absolute atomic E-state index is 0.166. The van der Waals surface area contributed by atoms with Gasteiger partial charge in [0.25, 0.3) is 11.8 Å². The molecule has 3 aromatic rings. The van der Waals surface area contributed by atoms with E-state index >= 15 is 0 Å². The van der Waals surface area contributed by atoms with E-state index in [9.17, 15) is 19.2 Å². The number of benzene rings is 2. The maximum atomic E-state index is 12.8. The fourth-order valence-electron chi connectivity index (χ4n) is 3.53. The second kappa shape index (κ2) is 9.25. The standard InChI is InChI=1S/C24H20N2O6S/c1-3-32-24(30)20-18(14-8-10-15(31-2)11-9-14)13-33-21(20)25-19(27)12-26-22(28)16-6-4-5-7-17(16)23(26)29/h4-11,13H,3,12H2,1-2H3,(H,25,27). The van der Waals surface area contributed by atoms with Crippen molar-refractivity contribution in [3.8, 4) is 16.9 Å². The Hall–Kier alpha value is -3.98. The molecule has 33 heavy (non-hydrogen) atoms. The monoisotopic (exact) mass is 464 g/mol. The van der Waals surface area contributed by atoms with Gasteiger partial charge in [0.1, 0.15) is 22.9 Å². The molecule has 1 aliphatic heterocycles. The molecule has 9 heteroatoms. The fourth-order valence-corrected chi connectivity index (χ4v) is 4.50. The molecule has 1 aliphatic rings. The molecule has 0 aliphatic carbocycles. The Morgan fingerprint density at radius 3 is 2.18 bits per heavy atom. The lowest BCUT2D eigenvalue weighted by Gasteiger charge is -2.14. The number of anilines is 1. The van der Waals surface area contributed by atoms with Crippen molar-refractivity contribution in [3.05, 3.63) is 70.6 Å². The number of thiophene rings is 1. The Morgan fingerprint density at radius 2 is 1.61 bits per heavy atom. The number of fused-ring (bicyclic) bond motifs is 1. The maximum absolute atomic E-state index is 12.8. The molecule has 168 valence electrons. The molecule has 1 aromatic heterocycles. The highest BCUT2D eigenvalue weighted by atomic mass is 32.1. The third kappa shape index (κ3) is 4.22. The maximum Gasteiger partial charge on any atom is 0.341 e. The molecule has 4 rings (SSSR count). The van der Waals surface area contributed by atoms with Gasteiger partial charge in [-0.2, -0.15) is 0 Å². The van der Waals surface area contributed by atoms with E-state index < -0.39 is 30.2 Å². The van der Waals surface area contributed by atoms with Crippen LogP contribution in [0.25, 0.3) is 11.1 Å².